The number of carbonyl (C=O) groups excluding carboxylic acids is 2. The van der Waals surface area contributed by atoms with Crippen molar-refractivity contribution in [1.29, 1.82) is 10.5 Å². The molecule has 2 N–H and O–H groups in total. The minimum absolute atomic E-state index is 0.344. The van der Waals surface area contributed by atoms with E-state index < -0.39 is 11.2 Å². The van der Waals surface area contributed by atoms with Gasteiger partial charge in [-0.25, -0.2) is 9.59 Å². The zero-order valence-corrected chi connectivity index (χ0v) is 33.3. The zero-order valence-electron chi connectivity index (χ0n) is 31.7. The number of amides is 2. The van der Waals surface area contributed by atoms with Crippen molar-refractivity contribution in [2.24, 2.45) is 0 Å². The molecule has 0 radical (unpaired) electrons. The predicted octanol–water partition coefficient (Wildman–Crippen LogP) is 9.55. The summed E-state index contributed by atoms with van der Waals surface area (Å²) in [6.45, 7) is 15.5. The van der Waals surface area contributed by atoms with Gasteiger partial charge in [-0.1, -0.05) is 71.6 Å². The highest BCUT2D eigenvalue weighted by Gasteiger charge is 2.23. The van der Waals surface area contributed by atoms with E-state index in [1.807, 2.05) is 77.9 Å². The summed E-state index contributed by atoms with van der Waals surface area (Å²) in [5.74, 6) is 1.12. The number of ether oxygens (including phenoxy) is 2. The maximum Gasteiger partial charge on any atom is 0.407 e. The second-order valence-corrected chi connectivity index (χ2v) is 15.9. The van der Waals surface area contributed by atoms with E-state index in [0.29, 0.717) is 24.9 Å². The minimum Gasteiger partial charge on any atom is -0.444 e. The molecular weight excluding hydrogens is 706 g/mol. The topological polar surface area (TPSA) is 127 Å². The monoisotopic (exact) mass is 765 g/mol. The van der Waals surface area contributed by atoms with Crippen molar-refractivity contribution in [2.45, 2.75) is 122 Å². The number of nitrogens with one attached hydrogen (secondary N) is 2. The van der Waals surface area contributed by atoms with Crippen molar-refractivity contribution in [3.05, 3.63) is 70.8 Å². The van der Waals surface area contributed by atoms with E-state index in [4.69, 9.17) is 14.7 Å². The number of nitriles is 2. The molecular formula is C41H60BrN5O4. The van der Waals surface area contributed by atoms with Gasteiger partial charge in [-0.3, -0.25) is 0 Å². The molecule has 9 nitrogen and oxygen atoms in total. The van der Waals surface area contributed by atoms with Gasteiger partial charge in [-0.2, -0.15) is 10.5 Å². The maximum absolute atomic E-state index is 11.6. The smallest absolute Gasteiger partial charge is 0.407 e. The number of alkyl carbamates (subject to hydrolysis) is 2. The summed E-state index contributed by atoms with van der Waals surface area (Å²) in [5.41, 5.74) is 3.29. The first-order valence-corrected chi connectivity index (χ1v) is 19.6. The second-order valence-electron chi connectivity index (χ2n) is 15.1. The third-order valence-electron chi connectivity index (χ3n) is 8.53. The molecule has 2 amide bonds. The molecule has 51 heavy (non-hydrogen) atoms. The molecule has 1 aliphatic carbocycles. The predicted molar refractivity (Wildman–Crippen MR) is 208 cm³/mol. The summed E-state index contributed by atoms with van der Waals surface area (Å²) in [6.07, 6.45) is 9.84. The highest BCUT2D eigenvalue weighted by Crippen LogP contribution is 2.34. The van der Waals surface area contributed by atoms with Crippen LogP contribution < -0.4 is 10.6 Å². The number of piperidine rings is 1. The highest BCUT2D eigenvalue weighted by molar-refractivity contribution is 9.09. The molecule has 2 fully saturated rings. The summed E-state index contributed by atoms with van der Waals surface area (Å²) >= 11 is 3.27. The number of nitrogens with zero attached hydrogens (tertiary/aromatic N) is 3. The lowest BCUT2D eigenvalue weighted by Gasteiger charge is -2.32. The Morgan fingerprint density at radius 2 is 1.16 bits per heavy atom. The number of carbonyl (C=O) groups is 2. The molecule has 1 saturated heterocycles. The summed E-state index contributed by atoms with van der Waals surface area (Å²) < 4.78 is 10.2. The van der Waals surface area contributed by atoms with Crippen LogP contribution in [-0.4, -0.2) is 66.3 Å². The van der Waals surface area contributed by atoms with Gasteiger partial charge >= 0.3 is 12.2 Å². The fourth-order valence-electron chi connectivity index (χ4n) is 6.17. The number of likely N-dealkylation sites (tertiary alicyclic amines) is 1. The Hall–Kier alpha value is -3.60. The molecule has 2 aromatic carbocycles. The fraction of sp³-hybridized carbons (Fsp3) is 0.610. The number of alkyl halides is 1. The van der Waals surface area contributed by atoms with Gasteiger partial charge in [-0.05, 0) is 135 Å². The van der Waals surface area contributed by atoms with Gasteiger partial charge in [0, 0.05) is 18.4 Å². The summed E-state index contributed by atoms with van der Waals surface area (Å²) in [5, 5.41) is 24.6. The Morgan fingerprint density at radius 1 is 0.725 bits per heavy atom. The van der Waals surface area contributed by atoms with Crippen LogP contribution >= 0.6 is 15.9 Å². The molecule has 0 spiro atoms. The van der Waals surface area contributed by atoms with Crippen molar-refractivity contribution < 1.29 is 19.1 Å². The van der Waals surface area contributed by atoms with E-state index in [1.165, 1.54) is 43.2 Å². The van der Waals surface area contributed by atoms with Crippen LogP contribution in [0.3, 0.4) is 0 Å². The lowest BCUT2D eigenvalue weighted by molar-refractivity contribution is 0.0515. The standard InChI is InChI=1S/C20H29N3O2.C13H15N.C8H16BrNO2/c1-20(2,3)25-19(24)22-11-6-12-23-13-9-16(10-14-23)18-8-5-4-7-17(18)15-21;14-10-12-8-4-5-9-13(12)11-6-2-1-3-7-11;1-8(2,3)12-7(11)10-6-4-5-9/h4-5,7-8,16H,6,9-14H2,1-3H3,(H,22,24);4-5,8-9,11H,1-3,6-7H2;4-6H2,1-3H3,(H,10,11). The molecule has 1 saturated carbocycles. The minimum atomic E-state index is -0.453. The molecule has 1 aliphatic heterocycles. The van der Waals surface area contributed by atoms with Crippen LogP contribution in [-0.2, 0) is 9.47 Å². The Morgan fingerprint density at radius 3 is 1.59 bits per heavy atom. The molecule has 280 valence electrons. The van der Waals surface area contributed by atoms with Gasteiger partial charge in [0.25, 0.3) is 0 Å². The zero-order chi connectivity index (χ0) is 37.7. The first-order chi connectivity index (χ1) is 24.3. The summed E-state index contributed by atoms with van der Waals surface area (Å²) in [4.78, 5) is 25.0. The van der Waals surface area contributed by atoms with Crippen molar-refractivity contribution >= 4 is 28.1 Å². The van der Waals surface area contributed by atoms with Crippen molar-refractivity contribution in [3.8, 4) is 12.1 Å². The van der Waals surface area contributed by atoms with Gasteiger partial charge in [-0.15, -0.1) is 0 Å². The number of hydrogen-bond acceptors (Lipinski definition) is 7. The van der Waals surface area contributed by atoms with Gasteiger partial charge in [0.05, 0.1) is 23.3 Å². The van der Waals surface area contributed by atoms with Crippen LogP contribution in [0.1, 0.15) is 133 Å². The van der Waals surface area contributed by atoms with E-state index in [2.05, 4.69) is 55.7 Å². The normalized spacial score (nSPS) is 15.4. The van der Waals surface area contributed by atoms with Gasteiger partial charge < -0.3 is 25.0 Å². The van der Waals surface area contributed by atoms with Crippen molar-refractivity contribution in [3.63, 3.8) is 0 Å². The largest absolute Gasteiger partial charge is 0.444 e. The van der Waals surface area contributed by atoms with Gasteiger partial charge in [0.2, 0.25) is 0 Å². The van der Waals surface area contributed by atoms with Crippen LogP contribution in [0.5, 0.6) is 0 Å². The van der Waals surface area contributed by atoms with Crippen LogP contribution in [0.25, 0.3) is 0 Å². The van der Waals surface area contributed by atoms with Crippen LogP contribution in [0.4, 0.5) is 9.59 Å². The second kappa shape index (κ2) is 23.1. The van der Waals surface area contributed by atoms with Crippen molar-refractivity contribution in [1.82, 2.24) is 15.5 Å². The SMILES string of the molecule is CC(C)(C)OC(=O)NCCCBr.CC(C)(C)OC(=O)NCCCN1CCC(c2ccccc2C#N)CC1.N#Cc1ccccc1C1CCCCC1. The van der Waals surface area contributed by atoms with Crippen LogP contribution in [0, 0.1) is 22.7 Å². The van der Waals surface area contributed by atoms with Crippen molar-refractivity contribution in [2.75, 3.05) is 38.1 Å². The summed E-state index contributed by atoms with van der Waals surface area (Å²) in [6, 6.07) is 20.6. The third-order valence-corrected chi connectivity index (χ3v) is 9.09. The lowest BCUT2D eigenvalue weighted by Crippen LogP contribution is -2.37. The number of rotatable bonds is 9. The summed E-state index contributed by atoms with van der Waals surface area (Å²) in [7, 11) is 0. The van der Waals surface area contributed by atoms with Crippen LogP contribution in [0.2, 0.25) is 0 Å². The first kappa shape index (κ1) is 43.6. The molecule has 0 aromatic heterocycles. The molecule has 2 aromatic rings. The first-order valence-electron chi connectivity index (χ1n) is 18.5. The van der Waals surface area contributed by atoms with E-state index in [-0.39, 0.29) is 12.2 Å². The Balaban J connectivity index is 0.000000292. The molecule has 2 aliphatic rings. The molecule has 1 heterocycles. The van der Waals surface area contributed by atoms with Crippen LogP contribution in [0.15, 0.2) is 48.5 Å². The highest BCUT2D eigenvalue weighted by atomic mass is 79.9. The van der Waals surface area contributed by atoms with E-state index >= 15 is 0 Å². The van der Waals surface area contributed by atoms with E-state index in [9.17, 15) is 14.9 Å². The molecule has 0 bridgehead atoms. The van der Waals surface area contributed by atoms with E-state index in [0.717, 1.165) is 61.8 Å². The molecule has 0 unspecified atom stereocenters. The maximum atomic E-state index is 11.6. The average molecular weight is 767 g/mol. The van der Waals surface area contributed by atoms with E-state index in [1.54, 1.807) is 0 Å². The molecule has 4 rings (SSSR count). The van der Waals surface area contributed by atoms with Gasteiger partial charge in [0.1, 0.15) is 11.2 Å². The Labute approximate surface area is 315 Å². The lowest BCUT2D eigenvalue weighted by atomic mass is 9.82. The number of halogens is 1. The number of benzene rings is 2. The third kappa shape index (κ3) is 18.5. The molecule has 0 atom stereocenters. The Kier molecular flexibility index (Phi) is 19.7. The fourth-order valence-corrected chi connectivity index (χ4v) is 6.45. The molecule has 10 heteroatoms. The van der Waals surface area contributed by atoms with Gasteiger partial charge in [0.15, 0.2) is 0 Å². The quantitative estimate of drug-likeness (QED) is 0.192. The number of hydrogen-bond donors (Lipinski definition) is 2. The average Bonchev–Trinajstić information content (AvgIpc) is 3.10. The Bertz CT molecular complexity index is 1410.